The first-order chi connectivity index (χ1) is 8.90. The van der Waals surface area contributed by atoms with E-state index in [0.29, 0.717) is 25.9 Å². The molecule has 1 amide bonds. The fourth-order valence-corrected chi connectivity index (χ4v) is 3.31. The summed E-state index contributed by atoms with van der Waals surface area (Å²) in [7, 11) is -0.343. The number of amides is 1. The molecule has 0 aromatic heterocycles. The van der Waals surface area contributed by atoms with Crippen molar-refractivity contribution in [3.63, 3.8) is 0 Å². The molecule has 0 aromatic rings. The Bertz CT molecular complexity index is 424. The number of hydrogen-bond acceptors (Lipinski definition) is 3. The number of nitrogens with zero attached hydrogens (tertiary/aromatic N) is 2. The van der Waals surface area contributed by atoms with Crippen LogP contribution in [0.1, 0.15) is 32.1 Å². The van der Waals surface area contributed by atoms with Gasteiger partial charge in [-0.3, -0.25) is 4.79 Å². The maximum Gasteiger partial charge on any atom is 0.279 e. The lowest BCUT2D eigenvalue weighted by molar-refractivity contribution is -0.139. The highest BCUT2D eigenvalue weighted by Crippen LogP contribution is 2.29. The Morgan fingerprint density at radius 2 is 1.74 bits per heavy atom. The second-order valence-corrected chi connectivity index (χ2v) is 7.55. The minimum Gasteiger partial charge on any atom is -0.342 e. The Labute approximate surface area is 115 Å². The Balaban J connectivity index is 1.80. The number of likely N-dealkylation sites (tertiary alicyclic amines) is 1. The van der Waals surface area contributed by atoms with Gasteiger partial charge in [0.05, 0.1) is 0 Å². The lowest BCUT2D eigenvalue weighted by atomic mass is 9.84. The molecule has 1 saturated carbocycles. The van der Waals surface area contributed by atoms with Crippen molar-refractivity contribution in [2.24, 2.45) is 5.92 Å². The normalized spacial score (nSPS) is 22.6. The molecule has 110 valence electrons. The molecule has 0 unspecified atom stereocenters. The van der Waals surface area contributed by atoms with E-state index >= 15 is 0 Å². The van der Waals surface area contributed by atoms with E-state index in [4.69, 9.17) is 0 Å². The molecule has 1 saturated heterocycles. The molecule has 0 spiro atoms. The fourth-order valence-electron chi connectivity index (χ4n) is 2.45. The maximum absolute atomic E-state index is 12.1. The van der Waals surface area contributed by atoms with Gasteiger partial charge >= 0.3 is 0 Å². The van der Waals surface area contributed by atoms with Gasteiger partial charge in [0.1, 0.15) is 0 Å². The van der Waals surface area contributed by atoms with E-state index in [9.17, 15) is 13.2 Å². The summed E-state index contributed by atoms with van der Waals surface area (Å²) in [5, 5.41) is 0. The number of carbonyl (C=O) groups excluding carboxylic acids is 1. The minimum absolute atomic E-state index is 0.0576. The van der Waals surface area contributed by atoms with E-state index in [1.54, 1.807) is 0 Å². The van der Waals surface area contributed by atoms with Crippen LogP contribution in [0.3, 0.4) is 0 Å². The molecule has 1 aliphatic heterocycles. The number of carbonyl (C=O) groups is 1. The van der Waals surface area contributed by atoms with Crippen molar-refractivity contribution in [2.75, 3.05) is 27.2 Å². The first kappa shape index (κ1) is 14.7. The molecule has 2 rings (SSSR count). The Morgan fingerprint density at radius 3 is 2.16 bits per heavy atom. The molecule has 1 aliphatic carbocycles. The fraction of sp³-hybridized carbons (Fsp3) is 0.917. The molecule has 2 fully saturated rings. The predicted molar refractivity (Wildman–Crippen MR) is 72.7 cm³/mol. The molecular formula is C12H23N3O3S. The SMILES string of the molecule is CN(C)S(=O)(=O)NC1CCN(C(=O)C2CCC2)CC1. The smallest absolute Gasteiger partial charge is 0.279 e. The Morgan fingerprint density at radius 1 is 1.16 bits per heavy atom. The van der Waals surface area contributed by atoms with Gasteiger partial charge in [-0.05, 0) is 25.7 Å². The molecule has 2 aliphatic rings. The molecule has 1 heterocycles. The Hall–Kier alpha value is -0.660. The number of nitrogens with one attached hydrogen (secondary N) is 1. The van der Waals surface area contributed by atoms with Crippen LogP contribution in [0.15, 0.2) is 0 Å². The summed E-state index contributed by atoms with van der Waals surface area (Å²) < 4.78 is 27.3. The molecule has 0 aromatic carbocycles. The van der Waals surface area contributed by atoms with Crippen molar-refractivity contribution in [2.45, 2.75) is 38.1 Å². The minimum atomic E-state index is -3.37. The average molecular weight is 289 g/mol. The topological polar surface area (TPSA) is 69.7 Å². The Kier molecular flexibility index (Phi) is 4.47. The average Bonchev–Trinajstić information content (AvgIpc) is 2.26. The van der Waals surface area contributed by atoms with Crippen LogP contribution in [0.2, 0.25) is 0 Å². The van der Waals surface area contributed by atoms with Crippen molar-refractivity contribution in [3.05, 3.63) is 0 Å². The molecule has 1 N–H and O–H groups in total. The van der Waals surface area contributed by atoms with Crippen LogP contribution in [0.4, 0.5) is 0 Å². The predicted octanol–water partition coefficient (Wildman–Crippen LogP) is 0.174. The van der Waals surface area contributed by atoms with Gasteiger partial charge in [-0.1, -0.05) is 6.42 Å². The summed E-state index contributed by atoms with van der Waals surface area (Å²) in [6.07, 6.45) is 4.60. The number of hydrogen-bond donors (Lipinski definition) is 1. The van der Waals surface area contributed by atoms with Crippen molar-refractivity contribution in [1.29, 1.82) is 0 Å². The third-order valence-corrected chi connectivity index (χ3v) is 5.65. The second kappa shape index (κ2) is 5.76. The van der Waals surface area contributed by atoms with Crippen LogP contribution in [0, 0.1) is 5.92 Å². The van der Waals surface area contributed by atoms with Crippen molar-refractivity contribution < 1.29 is 13.2 Å². The van der Waals surface area contributed by atoms with E-state index in [1.165, 1.54) is 18.4 Å². The third-order valence-electron chi connectivity index (χ3n) is 4.06. The zero-order valence-corrected chi connectivity index (χ0v) is 12.4. The molecule has 19 heavy (non-hydrogen) atoms. The van der Waals surface area contributed by atoms with Crippen LogP contribution in [0.25, 0.3) is 0 Å². The summed E-state index contributed by atoms with van der Waals surface area (Å²) in [4.78, 5) is 14.0. The van der Waals surface area contributed by atoms with Gasteiger partial charge < -0.3 is 4.90 Å². The highest BCUT2D eigenvalue weighted by atomic mass is 32.2. The molecule has 0 bridgehead atoms. The monoisotopic (exact) mass is 289 g/mol. The van der Waals surface area contributed by atoms with E-state index < -0.39 is 10.2 Å². The lowest BCUT2D eigenvalue weighted by Crippen LogP contribution is -2.50. The van der Waals surface area contributed by atoms with Gasteiger partial charge in [0, 0.05) is 39.1 Å². The highest BCUT2D eigenvalue weighted by molar-refractivity contribution is 7.87. The first-order valence-electron chi connectivity index (χ1n) is 6.88. The van der Waals surface area contributed by atoms with E-state index in [-0.39, 0.29) is 17.9 Å². The molecule has 7 heteroatoms. The van der Waals surface area contributed by atoms with Crippen LogP contribution in [-0.2, 0) is 15.0 Å². The van der Waals surface area contributed by atoms with Crippen LogP contribution >= 0.6 is 0 Å². The third kappa shape index (κ3) is 3.46. The first-order valence-corrected chi connectivity index (χ1v) is 8.33. The highest BCUT2D eigenvalue weighted by Gasteiger charge is 2.32. The summed E-state index contributed by atoms with van der Waals surface area (Å²) in [6.45, 7) is 1.33. The van der Waals surface area contributed by atoms with Gasteiger partial charge in [0.2, 0.25) is 5.91 Å². The molecule has 0 radical (unpaired) electrons. The van der Waals surface area contributed by atoms with Gasteiger partial charge in [-0.2, -0.15) is 17.4 Å². The summed E-state index contributed by atoms with van der Waals surface area (Å²) in [5.74, 6) is 0.496. The van der Waals surface area contributed by atoms with Crippen LogP contribution in [0.5, 0.6) is 0 Å². The van der Waals surface area contributed by atoms with E-state index in [0.717, 1.165) is 19.3 Å². The van der Waals surface area contributed by atoms with Gasteiger partial charge in [0.15, 0.2) is 0 Å². The van der Waals surface area contributed by atoms with Crippen LogP contribution in [-0.4, -0.2) is 56.8 Å². The van der Waals surface area contributed by atoms with E-state index in [2.05, 4.69) is 4.72 Å². The molecular weight excluding hydrogens is 266 g/mol. The quantitative estimate of drug-likeness (QED) is 0.802. The van der Waals surface area contributed by atoms with Gasteiger partial charge in [-0.25, -0.2) is 0 Å². The summed E-state index contributed by atoms with van der Waals surface area (Å²) in [6, 6.07) is -0.0576. The van der Waals surface area contributed by atoms with Crippen molar-refractivity contribution in [1.82, 2.24) is 13.9 Å². The zero-order valence-electron chi connectivity index (χ0n) is 11.6. The largest absolute Gasteiger partial charge is 0.342 e. The molecule has 0 atom stereocenters. The molecule has 6 nitrogen and oxygen atoms in total. The van der Waals surface area contributed by atoms with Crippen LogP contribution < -0.4 is 4.72 Å². The van der Waals surface area contributed by atoms with Crippen molar-refractivity contribution >= 4 is 16.1 Å². The van der Waals surface area contributed by atoms with Gasteiger partial charge in [-0.15, -0.1) is 0 Å². The number of rotatable bonds is 4. The number of piperidine rings is 1. The maximum atomic E-state index is 12.1. The lowest BCUT2D eigenvalue weighted by Gasteiger charge is -2.36. The summed E-state index contributed by atoms with van der Waals surface area (Å²) in [5.41, 5.74) is 0. The summed E-state index contributed by atoms with van der Waals surface area (Å²) >= 11 is 0. The van der Waals surface area contributed by atoms with Crippen molar-refractivity contribution in [3.8, 4) is 0 Å². The van der Waals surface area contributed by atoms with Gasteiger partial charge in [0.25, 0.3) is 10.2 Å². The zero-order chi connectivity index (χ0) is 14.0. The standard InChI is InChI=1S/C12H23N3O3S/c1-14(2)19(17,18)13-11-6-8-15(9-7-11)12(16)10-4-3-5-10/h10-11,13H,3-9H2,1-2H3. The second-order valence-electron chi connectivity index (χ2n) is 5.63. The van der Waals surface area contributed by atoms with E-state index in [1.807, 2.05) is 4.90 Å².